The Bertz CT molecular complexity index is 512. The molecule has 0 saturated heterocycles. The zero-order valence-electron chi connectivity index (χ0n) is 8.18. The molecule has 0 bridgehead atoms. The second-order valence-electron chi connectivity index (χ2n) is 2.96. The Morgan fingerprint density at radius 1 is 0.667 bits per heavy atom. The molecule has 1 aromatic carbocycles. The first-order valence-corrected chi connectivity index (χ1v) is 4.17. The summed E-state index contributed by atoms with van der Waals surface area (Å²) >= 11 is 0. The van der Waals surface area contributed by atoms with Crippen LogP contribution in [0.15, 0.2) is 24.3 Å². The van der Waals surface area contributed by atoms with E-state index < -0.39 is 46.6 Å². The quantitative estimate of drug-likeness (QED) is 0.663. The van der Waals surface area contributed by atoms with Crippen molar-refractivity contribution in [1.29, 1.82) is 0 Å². The minimum absolute atomic E-state index is 0.0184. The van der Waals surface area contributed by atoms with Crippen LogP contribution in [0.3, 0.4) is 0 Å². The van der Waals surface area contributed by atoms with Crippen LogP contribution in [0.5, 0.6) is 0 Å². The monoisotopic (exact) mass is 274 g/mol. The van der Waals surface area contributed by atoms with Gasteiger partial charge in [0.25, 0.3) is 0 Å². The number of halogens is 8. The van der Waals surface area contributed by atoms with Crippen LogP contribution in [0.25, 0.3) is 11.7 Å². The second-order valence-corrected chi connectivity index (χ2v) is 2.96. The van der Waals surface area contributed by atoms with Gasteiger partial charge in [-0.25, -0.2) is 17.6 Å². The van der Waals surface area contributed by atoms with Gasteiger partial charge in [-0.2, -0.15) is 17.6 Å². The zero-order chi connectivity index (χ0) is 14.0. The van der Waals surface area contributed by atoms with E-state index in [-0.39, 0.29) is 12.1 Å². The largest absolute Gasteiger partial charge is 0.306 e. The third kappa shape index (κ3) is 2.69. The molecule has 0 aliphatic carbocycles. The van der Waals surface area contributed by atoms with Gasteiger partial charge in [0.2, 0.25) is 5.83 Å². The van der Waals surface area contributed by atoms with Crippen molar-refractivity contribution in [2.75, 3.05) is 0 Å². The van der Waals surface area contributed by atoms with Crippen LogP contribution in [0.4, 0.5) is 35.1 Å². The molecule has 0 aliphatic rings. The number of hydrogen-bond acceptors (Lipinski definition) is 0. The fraction of sp³-hybridized carbons (Fsp3) is 0. The Balaban J connectivity index is 3.49. The van der Waals surface area contributed by atoms with Crippen LogP contribution in [-0.4, -0.2) is 0 Å². The van der Waals surface area contributed by atoms with Crippen molar-refractivity contribution in [3.63, 3.8) is 0 Å². The zero-order valence-corrected chi connectivity index (χ0v) is 8.18. The summed E-state index contributed by atoms with van der Waals surface area (Å²) in [4.78, 5) is 0. The number of rotatable bonds is 2. The third-order valence-electron chi connectivity index (χ3n) is 1.85. The van der Waals surface area contributed by atoms with E-state index in [0.29, 0.717) is 0 Å². The van der Waals surface area contributed by atoms with Crippen molar-refractivity contribution in [3.05, 3.63) is 47.1 Å². The van der Waals surface area contributed by atoms with Crippen molar-refractivity contribution < 1.29 is 35.1 Å². The maximum atomic E-state index is 13.1. The number of hydrogen-bond donors (Lipinski definition) is 0. The molecule has 0 saturated carbocycles. The molecule has 1 rings (SSSR count). The summed E-state index contributed by atoms with van der Waals surface area (Å²) < 4.78 is 98.7. The lowest BCUT2D eigenvalue weighted by molar-refractivity contribution is 0.406. The molecule has 8 heteroatoms. The molecule has 0 nitrogen and oxygen atoms in total. The lowest BCUT2D eigenvalue weighted by Crippen LogP contribution is -1.96. The first-order valence-electron chi connectivity index (χ1n) is 4.17. The molecule has 0 atom stereocenters. The topological polar surface area (TPSA) is 0 Å². The lowest BCUT2D eigenvalue weighted by atomic mass is 10.1. The van der Waals surface area contributed by atoms with Gasteiger partial charge in [-0.3, -0.25) is 0 Å². The van der Waals surface area contributed by atoms with Crippen molar-refractivity contribution in [2.24, 2.45) is 0 Å². The van der Waals surface area contributed by atoms with Gasteiger partial charge in [0, 0.05) is 5.56 Å². The van der Waals surface area contributed by atoms with E-state index in [4.69, 9.17) is 0 Å². The molecule has 0 N–H and O–H groups in total. The molecule has 18 heavy (non-hydrogen) atoms. The molecule has 0 fully saturated rings. The molecular weight excluding hydrogens is 272 g/mol. The van der Waals surface area contributed by atoms with E-state index in [0.717, 1.165) is 0 Å². The van der Waals surface area contributed by atoms with Crippen molar-refractivity contribution >= 4 is 11.7 Å². The minimum atomic E-state index is -2.99. The maximum absolute atomic E-state index is 13.1. The van der Waals surface area contributed by atoms with Gasteiger partial charge in [0.15, 0.2) is 5.83 Å². The van der Waals surface area contributed by atoms with Crippen LogP contribution in [0, 0.1) is 11.6 Å². The van der Waals surface area contributed by atoms with Crippen molar-refractivity contribution in [3.8, 4) is 0 Å². The molecule has 1 aromatic rings. The van der Waals surface area contributed by atoms with E-state index in [9.17, 15) is 35.1 Å². The van der Waals surface area contributed by atoms with Gasteiger partial charge >= 0.3 is 12.2 Å². The van der Waals surface area contributed by atoms with Crippen LogP contribution < -0.4 is 0 Å². The van der Waals surface area contributed by atoms with Gasteiger partial charge < -0.3 is 0 Å². The van der Waals surface area contributed by atoms with Crippen LogP contribution >= 0.6 is 0 Å². The predicted octanol–water partition coefficient (Wildman–Crippen LogP) is 5.03. The molecule has 98 valence electrons. The molecule has 0 aliphatic heterocycles. The molecule has 0 spiro atoms. The summed E-state index contributed by atoms with van der Waals surface area (Å²) in [5.41, 5.74) is -2.97. The van der Waals surface area contributed by atoms with Gasteiger partial charge in [-0.1, -0.05) is 0 Å². The molecule has 0 aromatic heterocycles. The summed E-state index contributed by atoms with van der Waals surface area (Å²) in [6, 6.07) is -0.0369. The fourth-order valence-corrected chi connectivity index (χ4v) is 1.11. The Hall–Kier alpha value is -1.86. The second kappa shape index (κ2) is 5.19. The summed E-state index contributed by atoms with van der Waals surface area (Å²) in [5, 5.41) is 0. The first kappa shape index (κ1) is 14.2. The Morgan fingerprint density at radius 2 is 1.06 bits per heavy atom. The Kier molecular flexibility index (Phi) is 4.10. The highest BCUT2D eigenvalue weighted by atomic mass is 19.3. The van der Waals surface area contributed by atoms with E-state index >= 15 is 0 Å². The Labute approximate surface area is 94.8 Å². The molecular formula is C10H2F8. The lowest BCUT2D eigenvalue weighted by Gasteiger charge is -2.04. The van der Waals surface area contributed by atoms with Crippen LogP contribution in [0.1, 0.15) is 11.1 Å². The highest BCUT2D eigenvalue weighted by molar-refractivity contribution is 5.66. The van der Waals surface area contributed by atoms with E-state index in [1.165, 1.54) is 0 Å². The molecule has 0 heterocycles. The minimum Gasteiger partial charge on any atom is -0.206 e. The third-order valence-corrected chi connectivity index (χ3v) is 1.85. The summed E-state index contributed by atoms with van der Waals surface area (Å²) in [6.07, 6.45) is -5.84. The highest BCUT2D eigenvalue weighted by Crippen LogP contribution is 2.31. The number of benzene rings is 1. The smallest absolute Gasteiger partial charge is 0.206 e. The van der Waals surface area contributed by atoms with Gasteiger partial charge in [0.05, 0.1) is 5.56 Å². The van der Waals surface area contributed by atoms with E-state index in [1.54, 1.807) is 0 Å². The first-order chi connectivity index (χ1) is 8.25. The van der Waals surface area contributed by atoms with Crippen LogP contribution in [0.2, 0.25) is 0 Å². The average molecular weight is 274 g/mol. The molecule has 0 amide bonds. The normalized spacial score (nSPS) is 10.2. The van der Waals surface area contributed by atoms with Gasteiger partial charge in [-0.15, -0.1) is 0 Å². The van der Waals surface area contributed by atoms with Gasteiger partial charge in [-0.05, 0) is 12.1 Å². The predicted molar refractivity (Wildman–Crippen MR) is 46.8 cm³/mol. The summed E-state index contributed by atoms with van der Waals surface area (Å²) in [5.74, 6) is -8.57. The van der Waals surface area contributed by atoms with E-state index in [2.05, 4.69) is 0 Å². The van der Waals surface area contributed by atoms with Crippen LogP contribution in [-0.2, 0) is 0 Å². The fourth-order valence-electron chi connectivity index (χ4n) is 1.11. The average Bonchev–Trinajstić information content (AvgIpc) is 2.26. The Morgan fingerprint density at radius 3 is 1.39 bits per heavy atom. The van der Waals surface area contributed by atoms with E-state index in [1.807, 2.05) is 0 Å². The highest BCUT2D eigenvalue weighted by Gasteiger charge is 2.22. The maximum Gasteiger partial charge on any atom is 0.306 e. The summed E-state index contributed by atoms with van der Waals surface area (Å²) in [6.45, 7) is 0. The van der Waals surface area contributed by atoms with Crippen molar-refractivity contribution in [1.82, 2.24) is 0 Å². The van der Waals surface area contributed by atoms with Crippen molar-refractivity contribution in [2.45, 2.75) is 0 Å². The summed E-state index contributed by atoms with van der Waals surface area (Å²) in [7, 11) is 0. The molecule has 0 unspecified atom stereocenters. The standard InChI is InChI=1S/C10H2F8/c11-4-1-3(7(13)9(15)16)2-5(12)6(4)8(14)10(17)18/h1-2H. The SMILES string of the molecule is FC(F)=C(F)c1cc(F)c(C(F)=C(F)F)c(F)c1. The molecule has 0 radical (unpaired) electrons. The van der Waals surface area contributed by atoms with Gasteiger partial charge in [0.1, 0.15) is 11.6 Å².